The highest BCUT2D eigenvalue weighted by atomic mass is 35.5. The van der Waals surface area contributed by atoms with Crippen LogP contribution in [0.5, 0.6) is 11.5 Å². The summed E-state index contributed by atoms with van der Waals surface area (Å²) in [6.07, 6.45) is 1.82. The Labute approximate surface area is 233 Å². The van der Waals surface area contributed by atoms with Crippen molar-refractivity contribution in [2.75, 3.05) is 6.79 Å². The van der Waals surface area contributed by atoms with E-state index < -0.39 is 6.04 Å². The average molecular weight is 556 g/mol. The maximum atomic E-state index is 13.9. The minimum Gasteiger partial charge on any atom is -0.454 e. The van der Waals surface area contributed by atoms with Crippen LogP contribution < -0.4 is 14.8 Å². The summed E-state index contributed by atoms with van der Waals surface area (Å²) in [5, 5.41) is 3.97. The second-order valence-electron chi connectivity index (χ2n) is 9.43. The minimum atomic E-state index is -0.747. The van der Waals surface area contributed by atoms with E-state index >= 15 is 0 Å². The molecule has 6 nitrogen and oxygen atoms in total. The Hall–Kier alpha value is -3.22. The summed E-state index contributed by atoms with van der Waals surface area (Å²) >= 11 is 13.0. The Bertz CT molecular complexity index is 1250. The molecule has 1 aliphatic rings. The van der Waals surface area contributed by atoms with E-state index in [1.807, 2.05) is 62.4 Å². The van der Waals surface area contributed by atoms with Crippen LogP contribution in [0.2, 0.25) is 10.0 Å². The van der Waals surface area contributed by atoms with Crippen molar-refractivity contribution in [3.63, 3.8) is 0 Å². The van der Waals surface area contributed by atoms with Gasteiger partial charge in [0.15, 0.2) is 11.5 Å². The van der Waals surface area contributed by atoms with Crippen LogP contribution in [0.25, 0.3) is 0 Å². The molecule has 1 N–H and O–H groups in total. The quantitative estimate of drug-likeness (QED) is 0.306. The van der Waals surface area contributed by atoms with E-state index in [9.17, 15) is 9.59 Å². The van der Waals surface area contributed by atoms with Gasteiger partial charge in [-0.1, -0.05) is 72.6 Å². The largest absolute Gasteiger partial charge is 0.454 e. The molecule has 1 heterocycles. The van der Waals surface area contributed by atoms with Gasteiger partial charge in [-0.3, -0.25) is 9.59 Å². The van der Waals surface area contributed by atoms with Gasteiger partial charge in [-0.05, 0) is 55.2 Å². The van der Waals surface area contributed by atoms with Gasteiger partial charge >= 0.3 is 0 Å². The standard InChI is InChI=1S/C30H32Cl2N2O4/c1-3-20(2)33-30(36)26(16-21-8-5-4-6-9-21)34(18-23-24(31)10-7-11-25(23)32)29(35)15-13-22-12-14-27-28(17-22)38-19-37-27/h4-12,14,17,20,26H,3,13,15-16,18-19H2,1-2H3,(H,33,36)/t20-,26-/m1/s1. The molecule has 0 radical (unpaired) electrons. The van der Waals surface area contributed by atoms with E-state index in [4.69, 9.17) is 32.7 Å². The molecular weight excluding hydrogens is 523 g/mol. The molecule has 0 bridgehead atoms. The van der Waals surface area contributed by atoms with Gasteiger partial charge in [0, 0.05) is 41.0 Å². The van der Waals surface area contributed by atoms with E-state index in [2.05, 4.69) is 5.32 Å². The lowest BCUT2D eigenvalue weighted by Gasteiger charge is -2.33. The lowest BCUT2D eigenvalue weighted by atomic mass is 10.0. The van der Waals surface area contributed by atoms with E-state index in [1.165, 1.54) is 0 Å². The number of carbonyl (C=O) groups excluding carboxylic acids is 2. The number of nitrogens with zero attached hydrogens (tertiary/aromatic N) is 1. The van der Waals surface area contributed by atoms with Gasteiger partial charge in [0.1, 0.15) is 6.04 Å². The second-order valence-corrected chi connectivity index (χ2v) is 10.2. The summed E-state index contributed by atoms with van der Waals surface area (Å²) in [5.41, 5.74) is 2.51. The number of amides is 2. The van der Waals surface area contributed by atoms with Gasteiger partial charge in [-0.2, -0.15) is 0 Å². The van der Waals surface area contributed by atoms with Crippen molar-refractivity contribution in [1.29, 1.82) is 0 Å². The highest BCUT2D eigenvalue weighted by Crippen LogP contribution is 2.33. The normalized spacial score (nSPS) is 13.6. The van der Waals surface area contributed by atoms with Gasteiger partial charge in [0.05, 0.1) is 0 Å². The first kappa shape index (κ1) is 27.8. The predicted molar refractivity (Wildman–Crippen MR) is 150 cm³/mol. The molecule has 4 rings (SSSR count). The highest BCUT2D eigenvalue weighted by Gasteiger charge is 2.31. The van der Waals surface area contributed by atoms with Crippen LogP contribution in [0.3, 0.4) is 0 Å². The van der Waals surface area contributed by atoms with Crippen molar-refractivity contribution >= 4 is 35.0 Å². The number of ether oxygens (including phenoxy) is 2. The zero-order valence-corrected chi connectivity index (χ0v) is 23.1. The zero-order valence-electron chi connectivity index (χ0n) is 21.6. The van der Waals surface area contributed by atoms with Crippen LogP contribution in [0.4, 0.5) is 0 Å². The molecule has 0 saturated carbocycles. The topological polar surface area (TPSA) is 67.9 Å². The van der Waals surface area contributed by atoms with Gasteiger partial charge in [-0.25, -0.2) is 0 Å². The van der Waals surface area contributed by atoms with Crippen LogP contribution in [0.1, 0.15) is 43.4 Å². The van der Waals surface area contributed by atoms with E-state index in [1.54, 1.807) is 23.1 Å². The van der Waals surface area contributed by atoms with Crippen LogP contribution in [0, 0.1) is 0 Å². The second kappa shape index (κ2) is 13.0. The average Bonchev–Trinajstić information content (AvgIpc) is 3.39. The number of carbonyl (C=O) groups is 2. The molecule has 0 fully saturated rings. The minimum absolute atomic E-state index is 0.0322. The molecule has 0 saturated heterocycles. The molecule has 0 aliphatic carbocycles. The SMILES string of the molecule is CC[C@@H](C)NC(=O)[C@@H](Cc1ccccc1)N(Cc1c(Cl)cccc1Cl)C(=O)CCc1ccc2c(c1)OCO2. The molecule has 38 heavy (non-hydrogen) atoms. The summed E-state index contributed by atoms with van der Waals surface area (Å²) in [4.78, 5) is 29.1. The summed E-state index contributed by atoms with van der Waals surface area (Å²) in [5.74, 6) is 0.992. The predicted octanol–water partition coefficient (Wildman–Crippen LogP) is 6.21. The van der Waals surface area contributed by atoms with Gasteiger partial charge < -0.3 is 19.7 Å². The Morgan fingerprint density at radius 3 is 2.37 bits per heavy atom. The third kappa shape index (κ3) is 7.00. The number of hydrogen-bond acceptors (Lipinski definition) is 4. The zero-order chi connectivity index (χ0) is 27.1. The van der Waals surface area contributed by atoms with E-state index in [-0.39, 0.29) is 37.6 Å². The van der Waals surface area contributed by atoms with Gasteiger partial charge in [0.25, 0.3) is 0 Å². The number of benzene rings is 3. The molecular formula is C30H32Cl2N2O4. The van der Waals surface area contributed by atoms with Crippen molar-refractivity contribution in [3.05, 3.63) is 93.5 Å². The first-order chi connectivity index (χ1) is 18.4. The third-order valence-electron chi connectivity index (χ3n) is 6.73. The van der Waals surface area contributed by atoms with Crippen LogP contribution >= 0.6 is 23.2 Å². The molecule has 1 aliphatic heterocycles. The third-order valence-corrected chi connectivity index (χ3v) is 7.44. The summed E-state index contributed by atoms with van der Waals surface area (Å²) in [6, 6.07) is 19.8. The Morgan fingerprint density at radius 2 is 1.66 bits per heavy atom. The number of aryl methyl sites for hydroxylation is 1. The first-order valence-corrected chi connectivity index (χ1v) is 13.6. The summed E-state index contributed by atoms with van der Waals surface area (Å²) < 4.78 is 10.9. The highest BCUT2D eigenvalue weighted by molar-refractivity contribution is 6.36. The molecule has 2 amide bonds. The van der Waals surface area contributed by atoms with Crippen LogP contribution in [-0.4, -0.2) is 35.6 Å². The monoisotopic (exact) mass is 554 g/mol. The fraction of sp³-hybridized carbons (Fsp3) is 0.333. The molecule has 3 aromatic rings. The van der Waals surface area contributed by atoms with Crippen LogP contribution in [-0.2, 0) is 29.0 Å². The maximum Gasteiger partial charge on any atom is 0.243 e. The number of halogens is 2. The van der Waals surface area contributed by atoms with Crippen molar-refractivity contribution in [2.24, 2.45) is 0 Å². The Morgan fingerprint density at radius 1 is 0.947 bits per heavy atom. The smallest absolute Gasteiger partial charge is 0.243 e. The molecule has 0 unspecified atom stereocenters. The van der Waals surface area contributed by atoms with Gasteiger partial charge in [-0.15, -0.1) is 0 Å². The Balaban J connectivity index is 1.64. The summed E-state index contributed by atoms with van der Waals surface area (Å²) in [6.45, 7) is 4.27. The Kier molecular flexibility index (Phi) is 9.53. The number of rotatable bonds is 11. The van der Waals surface area contributed by atoms with E-state index in [0.717, 1.165) is 17.5 Å². The van der Waals surface area contributed by atoms with Crippen molar-refractivity contribution < 1.29 is 19.1 Å². The molecule has 200 valence electrons. The maximum absolute atomic E-state index is 13.9. The first-order valence-electron chi connectivity index (χ1n) is 12.8. The van der Waals surface area contributed by atoms with Crippen molar-refractivity contribution in [2.45, 2.75) is 58.2 Å². The summed E-state index contributed by atoms with van der Waals surface area (Å²) in [7, 11) is 0. The number of fused-ring (bicyclic) bond motifs is 1. The molecule has 2 atom stereocenters. The van der Waals surface area contributed by atoms with Crippen LogP contribution in [0.15, 0.2) is 66.7 Å². The molecule has 0 aromatic heterocycles. The van der Waals surface area contributed by atoms with Gasteiger partial charge in [0.2, 0.25) is 18.6 Å². The van der Waals surface area contributed by atoms with Crippen molar-refractivity contribution in [1.82, 2.24) is 10.2 Å². The number of nitrogens with one attached hydrogen (secondary N) is 1. The fourth-order valence-electron chi connectivity index (χ4n) is 4.34. The fourth-order valence-corrected chi connectivity index (χ4v) is 4.86. The molecule has 8 heteroatoms. The lowest BCUT2D eigenvalue weighted by molar-refractivity contribution is -0.141. The number of hydrogen-bond donors (Lipinski definition) is 1. The lowest BCUT2D eigenvalue weighted by Crippen LogP contribution is -2.52. The molecule has 3 aromatic carbocycles. The molecule has 0 spiro atoms. The van der Waals surface area contributed by atoms with Crippen molar-refractivity contribution in [3.8, 4) is 11.5 Å². The van der Waals surface area contributed by atoms with E-state index in [0.29, 0.717) is 39.9 Å².